The van der Waals surface area contributed by atoms with E-state index in [1.807, 2.05) is 0 Å². The largest absolute Gasteiger partial charge is 0.375 e. The molecule has 2 N–H and O–H groups in total. The van der Waals surface area contributed by atoms with Gasteiger partial charge in [-0.1, -0.05) is 0 Å². The van der Waals surface area contributed by atoms with Crippen LogP contribution in [0.2, 0.25) is 0 Å². The number of likely N-dealkylation sites (N-methyl/N-ethyl adjacent to an activating group) is 1. The maximum absolute atomic E-state index is 11.8. The van der Waals surface area contributed by atoms with Crippen molar-refractivity contribution in [1.82, 2.24) is 15.5 Å². The molecule has 0 radical (unpaired) electrons. The van der Waals surface area contributed by atoms with Crippen LogP contribution in [0.15, 0.2) is 0 Å². The van der Waals surface area contributed by atoms with Crippen LogP contribution in [-0.4, -0.2) is 62.1 Å². The Morgan fingerprint density at radius 3 is 3.11 bits per heavy atom. The van der Waals surface area contributed by atoms with E-state index in [4.69, 9.17) is 4.74 Å². The van der Waals surface area contributed by atoms with Crippen molar-refractivity contribution in [1.29, 1.82) is 0 Å². The lowest BCUT2D eigenvalue weighted by molar-refractivity contribution is -0.134. The van der Waals surface area contributed by atoms with Crippen molar-refractivity contribution in [2.24, 2.45) is 0 Å². The Balaban J connectivity index is 1.72. The summed E-state index contributed by atoms with van der Waals surface area (Å²) in [5, 5.41) is 6.18. The van der Waals surface area contributed by atoms with E-state index in [9.17, 15) is 9.59 Å². The topological polar surface area (TPSA) is 70.7 Å². The van der Waals surface area contributed by atoms with Crippen LogP contribution in [0, 0.1) is 0 Å². The summed E-state index contributed by atoms with van der Waals surface area (Å²) in [6, 6.07) is 0.0803. The summed E-state index contributed by atoms with van der Waals surface area (Å²) in [6.45, 7) is 2.86. The summed E-state index contributed by atoms with van der Waals surface area (Å²) in [5.74, 6) is 0.164. The van der Waals surface area contributed by atoms with Gasteiger partial charge in [-0.15, -0.1) is 0 Å². The van der Waals surface area contributed by atoms with Crippen LogP contribution < -0.4 is 10.6 Å². The Hall–Kier alpha value is -1.14. The lowest BCUT2D eigenvalue weighted by Gasteiger charge is -2.31. The highest BCUT2D eigenvalue weighted by atomic mass is 16.5. The molecule has 0 saturated carbocycles. The van der Waals surface area contributed by atoms with Gasteiger partial charge in [0.15, 0.2) is 0 Å². The number of rotatable bonds is 3. The molecule has 0 aromatic carbocycles. The molecule has 0 aromatic rings. The quantitative estimate of drug-likeness (QED) is 0.686. The van der Waals surface area contributed by atoms with E-state index < -0.39 is 0 Å². The van der Waals surface area contributed by atoms with Crippen molar-refractivity contribution in [3.05, 3.63) is 0 Å². The Bertz CT molecular complexity index is 316. The third-order valence-corrected chi connectivity index (χ3v) is 3.41. The number of carbonyl (C=O) groups excluding carboxylic acids is 2. The SMILES string of the molecule is CN1CC(NC(=O)CC2CNCCO2)CCC1=O. The van der Waals surface area contributed by atoms with E-state index in [2.05, 4.69) is 10.6 Å². The van der Waals surface area contributed by atoms with Crippen molar-refractivity contribution in [2.45, 2.75) is 31.4 Å². The van der Waals surface area contributed by atoms with Gasteiger partial charge in [-0.2, -0.15) is 0 Å². The molecule has 0 bridgehead atoms. The van der Waals surface area contributed by atoms with Crippen molar-refractivity contribution >= 4 is 11.8 Å². The molecule has 2 rings (SSSR count). The molecule has 0 aromatic heterocycles. The smallest absolute Gasteiger partial charge is 0.222 e. The molecule has 0 spiro atoms. The fraction of sp³-hybridized carbons (Fsp3) is 0.833. The number of hydrogen-bond donors (Lipinski definition) is 2. The summed E-state index contributed by atoms with van der Waals surface area (Å²) < 4.78 is 5.49. The molecule has 2 heterocycles. The van der Waals surface area contributed by atoms with Gasteiger partial charge in [0.1, 0.15) is 0 Å². The van der Waals surface area contributed by atoms with Crippen molar-refractivity contribution in [2.75, 3.05) is 33.3 Å². The fourth-order valence-electron chi connectivity index (χ4n) is 2.37. The van der Waals surface area contributed by atoms with Crippen LogP contribution >= 0.6 is 0 Å². The number of likely N-dealkylation sites (tertiary alicyclic amines) is 1. The van der Waals surface area contributed by atoms with Gasteiger partial charge in [-0.25, -0.2) is 0 Å². The summed E-state index contributed by atoms with van der Waals surface area (Å²) in [7, 11) is 1.77. The molecular weight excluding hydrogens is 234 g/mol. The van der Waals surface area contributed by atoms with Gasteiger partial charge < -0.3 is 20.3 Å². The van der Waals surface area contributed by atoms with Crippen molar-refractivity contribution in [3.63, 3.8) is 0 Å². The Labute approximate surface area is 107 Å². The van der Waals surface area contributed by atoms with Gasteiger partial charge in [-0.3, -0.25) is 9.59 Å². The van der Waals surface area contributed by atoms with E-state index in [0.717, 1.165) is 19.5 Å². The average molecular weight is 255 g/mol. The zero-order valence-corrected chi connectivity index (χ0v) is 10.8. The monoisotopic (exact) mass is 255 g/mol. The molecule has 2 amide bonds. The van der Waals surface area contributed by atoms with Crippen LogP contribution in [0.4, 0.5) is 0 Å². The summed E-state index contributed by atoms with van der Waals surface area (Å²) in [6.07, 6.45) is 1.62. The first-order valence-electron chi connectivity index (χ1n) is 6.51. The second-order valence-corrected chi connectivity index (χ2v) is 4.98. The molecule has 2 fully saturated rings. The molecule has 2 saturated heterocycles. The third-order valence-electron chi connectivity index (χ3n) is 3.41. The first-order valence-corrected chi connectivity index (χ1v) is 6.51. The number of nitrogens with one attached hydrogen (secondary N) is 2. The van der Waals surface area contributed by atoms with E-state index in [1.165, 1.54) is 0 Å². The second-order valence-electron chi connectivity index (χ2n) is 4.98. The number of ether oxygens (including phenoxy) is 1. The van der Waals surface area contributed by atoms with Gasteiger partial charge in [0, 0.05) is 39.1 Å². The molecule has 2 unspecified atom stereocenters. The van der Waals surface area contributed by atoms with Crippen molar-refractivity contribution in [3.8, 4) is 0 Å². The number of carbonyl (C=O) groups is 2. The Kier molecular flexibility index (Phi) is 4.54. The molecular formula is C12H21N3O3. The standard InChI is InChI=1S/C12H21N3O3/c1-15-8-9(2-3-12(15)17)14-11(16)6-10-7-13-4-5-18-10/h9-10,13H,2-8H2,1H3,(H,14,16). The predicted octanol–water partition coefficient (Wildman–Crippen LogP) is -0.898. The molecule has 6 heteroatoms. The fourth-order valence-corrected chi connectivity index (χ4v) is 2.37. The number of nitrogens with zero attached hydrogens (tertiary/aromatic N) is 1. The van der Waals surface area contributed by atoms with Crippen LogP contribution in [0.25, 0.3) is 0 Å². The van der Waals surface area contributed by atoms with E-state index in [0.29, 0.717) is 26.0 Å². The molecule has 2 aliphatic heterocycles. The summed E-state index contributed by atoms with van der Waals surface area (Å²) in [4.78, 5) is 24.8. The van der Waals surface area contributed by atoms with Crippen molar-refractivity contribution < 1.29 is 14.3 Å². The zero-order chi connectivity index (χ0) is 13.0. The first-order chi connectivity index (χ1) is 8.65. The normalized spacial score (nSPS) is 29.2. The lowest BCUT2D eigenvalue weighted by Crippen LogP contribution is -2.49. The van der Waals surface area contributed by atoms with Crippen LogP contribution in [0.3, 0.4) is 0 Å². The Morgan fingerprint density at radius 1 is 1.61 bits per heavy atom. The van der Waals surface area contributed by atoms with Gasteiger partial charge in [0.2, 0.25) is 11.8 Å². The van der Waals surface area contributed by atoms with Crippen LogP contribution in [-0.2, 0) is 14.3 Å². The van der Waals surface area contributed by atoms with E-state index >= 15 is 0 Å². The van der Waals surface area contributed by atoms with Gasteiger partial charge in [0.25, 0.3) is 0 Å². The Morgan fingerprint density at radius 2 is 2.44 bits per heavy atom. The minimum atomic E-state index is -0.0262. The zero-order valence-electron chi connectivity index (χ0n) is 10.8. The van der Waals surface area contributed by atoms with Gasteiger partial charge in [-0.05, 0) is 6.42 Å². The molecule has 18 heavy (non-hydrogen) atoms. The number of amides is 2. The molecule has 0 aliphatic carbocycles. The highest BCUT2D eigenvalue weighted by Crippen LogP contribution is 2.10. The molecule has 2 aliphatic rings. The lowest BCUT2D eigenvalue weighted by atomic mass is 10.1. The molecule has 6 nitrogen and oxygen atoms in total. The van der Waals surface area contributed by atoms with Gasteiger partial charge in [0.05, 0.1) is 19.1 Å². The maximum Gasteiger partial charge on any atom is 0.222 e. The average Bonchev–Trinajstić information content (AvgIpc) is 2.35. The van der Waals surface area contributed by atoms with Gasteiger partial charge >= 0.3 is 0 Å². The van der Waals surface area contributed by atoms with Crippen LogP contribution in [0.5, 0.6) is 0 Å². The highest BCUT2D eigenvalue weighted by molar-refractivity contribution is 5.79. The summed E-state index contributed by atoms with van der Waals surface area (Å²) >= 11 is 0. The third kappa shape index (κ3) is 3.68. The number of hydrogen-bond acceptors (Lipinski definition) is 4. The van der Waals surface area contributed by atoms with Crippen LogP contribution in [0.1, 0.15) is 19.3 Å². The second kappa shape index (κ2) is 6.15. The molecule has 2 atom stereocenters. The summed E-state index contributed by atoms with van der Waals surface area (Å²) in [5.41, 5.74) is 0. The first kappa shape index (κ1) is 13.3. The minimum absolute atomic E-state index is 0.0106. The highest BCUT2D eigenvalue weighted by Gasteiger charge is 2.25. The van der Waals surface area contributed by atoms with E-state index in [1.54, 1.807) is 11.9 Å². The molecule has 102 valence electrons. The van der Waals surface area contributed by atoms with E-state index in [-0.39, 0.29) is 24.0 Å². The predicted molar refractivity (Wildman–Crippen MR) is 66.0 cm³/mol. The minimum Gasteiger partial charge on any atom is -0.375 e. The number of morpholine rings is 1. The maximum atomic E-state index is 11.8. The number of piperidine rings is 1.